The van der Waals surface area contributed by atoms with E-state index in [-0.39, 0.29) is 23.8 Å². The van der Waals surface area contributed by atoms with E-state index in [4.69, 9.17) is 9.47 Å². The predicted octanol–water partition coefficient (Wildman–Crippen LogP) is 4.01. The second kappa shape index (κ2) is 10.5. The topological polar surface area (TPSA) is 141 Å². The summed E-state index contributed by atoms with van der Waals surface area (Å²) >= 11 is 0. The van der Waals surface area contributed by atoms with Crippen LogP contribution in [-0.2, 0) is 28.4 Å². The van der Waals surface area contributed by atoms with Gasteiger partial charge in [0.15, 0.2) is 0 Å². The number of pyridine rings is 1. The van der Waals surface area contributed by atoms with E-state index in [0.717, 1.165) is 5.56 Å². The van der Waals surface area contributed by atoms with Gasteiger partial charge in [0.1, 0.15) is 17.9 Å². The number of ether oxygens (including phenoxy) is 2. The molecule has 2 N–H and O–H groups in total. The van der Waals surface area contributed by atoms with Gasteiger partial charge in [0.05, 0.1) is 46.0 Å². The molecule has 1 aliphatic carbocycles. The number of hydrogen-bond donors (Lipinski definition) is 2. The summed E-state index contributed by atoms with van der Waals surface area (Å²) in [6, 6.07) is 6.36. The normalized spacial score (nSPS) is 20.1. The number of anilines is 1. The van der Waals surface area contributed by atoms with Crippen LogP contribution in [0, 0.1) is 5.95 Å². The smallest absolute Gasteiger partial charge is 0.407 e. The molecular formula is C32H35FN8O5. The average Bonchev–Trinajstić information content (AvgIpc) is 3.72. The molecule has 0 radical (unpaired) electrons. The minimum atomic E-state index is -0.721. The zero-order valence-electron chi connectivity index (χ0n) is 26.4. The summed E-state index contributed by atoms with van der Waals surface area (Å²) in [7, 11) is 4.99. The minimum absolute atomic E-state index is 0.231. The molecule has 46 heavy (non-hydrogen) atoms. The Kier molecular flexibility index (Phi) is 6.81. The van der Waals surface area contributed by atoms with E-state index < -0.39 is 35.8 Å². The molecule has 8 rings (SSSR count). The molecular weight excluding hydrogens is 595 g/mol. The zero-order valence-corrected chi connectivity index (χ0v) is 26.4. The Hall–Kier alpha value is -4.98. The molecule has 1 saturated carbocycles. The van der Waals surface area contributed by atoms with Gasteiger partial charge in [-0.3, -0.25) is 18.6 Å². The fourth-order valence-corrected chi connectivity index (χ4v) is 6.69. The molecule has 3 atom stereocenters. The van der Waals surface area contributed by atoms with Crippen molar-refractivity contribution < 1.29 is 23.5 Å². The Morgan fingerprint density at radius 2 is 1.87 bits per heavy atom. The van der Waals surface area contributed by atoms with Gasteiger partial charge in [0.2, 0.25) is 5.95 Å². The quantitative estimate of drug-likeness (QED) is 0.300. The standard InChI is InChI=1S/C32H35FN8O5/c1-32(2,3)46-30(43)35-20-11-18-12-22(20)45-15-23(42)39(5)17-9-7-16(8-10-17)24-25-27-21(40(6)31(44)41(18)27)13-34-29(25)36-26(24)19-14-38(4)37-28(19)33/h7-10,13-14,18,20,22H,11-12,15H2,1-6H3,(H,34,36)(H,35,43)/t18-,20-,22+/m0/s1. The fraction of sp³-hybridized carbons (Fsp3) is 0.406. The van der Waals surface area contributed by atoms with Gasteiger partial charge in [-0.25, -0.2) is 14.6 Å². The molecule has 3 aliphatic rings. The number of amides is 2. The van der Waals surface area contributed by atoms with Gasteiger partial charge in [0.25, 0.3) is 5.91 Å². The molecule has 1 fully saturated rings. The molecule has 240 valence electrons. The van der Waals surface area contributed by atoms with Crippen LogP contribution in [0.5, 0.6) is 0 Å². The van der Waals surface area contributed by atoms with E-state index in [0.29, 0.717) is 51.9 Å². The molecule has 2 aliphatic heterocycles. The van der Waals surface area contributed by atoms with Gasteiger partial charge in [-0.05, 0) is 51.3 Å². The van der Waals surface area contributed by atoms with Crippen molar-refractivity contribution in [1.82, 2.24) is 34.2 Å². The number of carbonyl (C=O) groups excluding carboxylic acids is 2. The third-order valence-corrected chi connectivity index (χ3v) is 8.81. The van der Waals surface area contributed by atoms with Gasteiger partial charge in [-0.1, -0.05) is 12.1 Å². The molecule has 6 heterocycles. The maximum absolute atomic E-state index is 15.3. The van der Waals surface area contributed by atoms with Crippen molar-refractivity contribution in [2.45, 2.75) is 57.4 Å². The van der Waals surface area contributed by atoms with Crippen LogP contribution in [0.1, 0.15) is 39.7 Å². The summed E-state index contributed by atoms with van der Waals surface area (Å²) in [5.74, 6) is -0.937. The highest BCUT2D eigenvalue weighted by Crippen LogP contribution is 2.43. The Morgan fingerprint density at radius 1 is 1.13 bits per heavy atom. The zero-order chi connectivity index (χ0) is 32.7. The van der Waals surface area contributed by atoms with Crippen LogP contribution in [0.2, 0.25) is 0 Å². The van der Waals surface area contributed by atoms with Crippen molar-refractivity contribution in [3.05, 3.63) is 53.1 Å². The highest BCUT2D eigenvalue weighted by atomic mass is 19.1. The number of hydrogen-bond acceptors (Lipinski definition) is 7. The van der Waals surface area contributed by atoms with Crippen molar-refractivity contribution in [2.24, 2.45) is 14.1 Å². The van der Waals surface area contributed by atoms with Crippen LogP contribution in [0.4, 0.5) is 14.9 Å². The van der Waals surface area contributed by atoms with E-state index in [9.17, 15) is 14.4 Å². The number of nitrogens with zero attached hydrogens (tertiary/aromatic N) is 6. The highest BCUT2D eigenvalue weighted by molar-refractivity contribution is 6.14. The number of rotatable bonds is 2. The van der Waals surface area contributed by atoms with E-state index in [1.807, 2.05) is 12.1 Å². The summed E-state index contributed by atoms with van der Waals surface area (Å²) in [6.07, 6.45) is 2.70. The number of carbonyl (C=O) groups is 2. The van der Waals surface area contributed by atoms with E-state index >= 15 is 4.39 Å². The number of fused-ring (bicyclic) bond motifs is 5. The Labute approximate surface area is 262 Å². The number of aromatic nitrogens is 6. The lowest BCUT2D eigenvalue weighted by molar-refractivity contribution is -0.125. The molecule has 5 aromatic rings. The van der Waals surface area contributed by atoms with Crippen LogP contribution in [-0.4, -0.2) is 72.3 Å². The average molecular weight is 631 g/mol. The lowest BCUT2D eigenvalue weighted by Gasteiger charge is -2.25. The van der Waals surface area contributed by atoms with Crippen molar-refractivity contribution in [1.29, 1.82) is 0 Å². The maximum Gasteiger partial charge on any atom is 0.407 e. The molecule has 0 spiro atoms. The lowest BCUT2D eigenvalue weighted by Crippen LogP contribution is -2.44. The second-order valence-electron chi connectivity index (χ2n) is 13.0. The third-order valence-electron chi connectivity index (χ3n) is 8.81. The van der Waals surface area contributed by atoms with E-state index in [1.54, 1.807) is 71.0 Å². The van der Waals surface area contributed by atoms with Crippen LogP contribution in [0.3, 0.4) is 0 Å². The second-order valence-corrected chi connectivity index (χ2v) is 13.0. The van der Waals surface area contributed by atoms with Crippen molar-refractivity contribution in [2.75, 3.05) is 18.6 Å². The minimum Gasteiger partial charge on any atom is -0.444 e. The number of aryl methyl sites for hydroxylation is 2. The van der Waals surface area contributed by atoms with Gasteiger partial charge in [-0.15, -0.1) is 5.10 Å². The van der Waals surface area contributed by atoms with Crippen LogP contribution in [0.25, 0.3) is 44.5 Å². The number of aromatic amines is 1. The molecule has 0 unspecified atom stereocenters. The van der Waals surface area contributed by atoms with Crippen LogP contribution >= 0.6 is 0 Å². The molecule has 13 nitrogen and oxygen atoms in total. The Bertz CT molecular complexity index is 2080. The number of imidazole rings is 1. The number of halogens is 1. The van der Waals surface area contributed by atoms with E-state index in [1.165, 1.54) is 14.1 Å². The molecule has 4 bridgehead atoms. The molecule has 4 aromatic heterocycles. The van der Waals surface area contributed by atoms with Crippen molar-refractivity contribution in [3.8, 4) is 22.4 Å². The Balaban J connectivity index is 1.49. The largest absolute Gasteiger partial charge is 0.444 e. The molecule has 2 amide bonds. The van der Waals surface area contributed by atoms with Gasteiger partial charge in [0, 0.05) is 44.6 Å². The summed E-state index contributed by atoms with van der Waals surface area (Å²) in [5, 5.41) is 7.49. The van der Waals surface area contributed by atoms with Gasteiger partial charge < -0.3 is 24.7 Å². The fourth-order valence-electron chi connectivity index (χ4n) is 6.69. The van der Waals surface area contributed by atoms with E-state index in [2.05, 4.69) is 20.4 Å². The number of alkyl carbamates (subject to hydrolysis) is 1. The monoisotopic (exact) mass is 630 g/mol. The first-order valence-electron chi connectivity index (χ1n) is 15.1. The maximum atomic E-state index is 15.3. The van der Waals surface area contributed by atoms with Crippen molar-refractivity contribution in [3.63, 3.8) is 0 Å². The summed E-state index contributed by atoms with van der Waals surface area (Å²) in [5.41, 5.74) is 3.39. The number of benzene rings is 1. The number of H-pyrrole nitrogens is 1. The summed E-state index contributed by atoms with van der Waals surface area (Å²) < 4.78 is 31.6. The molecule has 14 heteroatoms. The molecule has 0 saturated heterocycles. The summed E-state index contributed by atoms with van der Waals surface area (Å²) in [4.78, 5) is 49.7. The van der Waals surface area contributed by atoms with Crippen LogP contribution < -0.4 is 15.9 Å². The SMILES string of the molecule is CN1C(=O)CO[C@@H]2C[C@H](C[C@@H]2NC(=O)OC(C)(C)C)n2c(=O)n(C)c3cnc4[nH]c(-c5cn(C)nc5F)c(c4c32)-c2ccc1cc2. The van der Waals surface area contributed by atoms with Crippen molar-refractivity contribution >= 4 is 39.8 Å². The number of likely N-dealkylation sites (N-methyl/N-ethyl adjacent to an activating group) is 1. The third kappa shape index (κ3) is 4.83. The van der Waals surface area contributed by atoms with Gasteiger partial charge >= 0.3 is 11.8 Å². The first kappa shape index (κ1) is 29.7. The lowest BCUT2D eigenvalue weighted by atomic mass is 9.99. The highest BCUT2D eigenvalue weighted by Gasteiger charge is 2.40. The number of nitrogens with one attached hydrogen (secondary N) is 2. The first-order valence-corrected chi connectivity index (χ1v) is 15.1. The summed E-state index contributed by atoms with van der Waals surface area (Å²) in [6.45, 7) is 5.10. The predicted molar refractivity (Wildman–Crippen MR) is 169 cm³/mol. The van der Waals surface area contributed by atoms with Crippen LogP contribution in [0.15, 0.2) is 41.5 Å². The first-order chi connectivity index (χ1) is 21.8. The molecule has 1 aromatic carbocycles. The Morgan fingerprint density at radius 3 is 2.54 bits per heavy atom. The van der Waals surface area contributed by atoms with Gasteiger partial charge in [-0.2, -0.15) is 4.39 Å².